The number of fused-ring (bicyclic) bond motifs is 1. The number of rotatable bonds is 6. The van der Waals surface area contributed by atoms with Crippen molar-refractivity contribution in [3.05, 3.63) is 48.0 Å². The predicted octanol–water partition coefficient (Wildman–Crippen LogP) is 3.68. The van der Waals surface area contributed by atoms with E-state index in [1.54, 1.807) is 14.2 Å². The SMILES string of the molecule is CCOc1ccc(NC(=NC)NCC(=O)N2CCCc3ccccc32)cc1OC.I. The van der Waals surface area contributed by atoms with E-state index in [1.807, 2.05) is 48.2 Å². The number of anilines is 2. The Kier molecular flexibility index (Phi) is 9.22. The van der Waals surface area contributed by atoms with Gasteiger partial charge in [-0.2, -0.15) is 0 Å². The Morgan fingerprint density at radius 2 is 2.00 bits per heavy atom. The first kappa shape index (κ1) is 23.8. The zero-order valence-corrected chi connectivity index (χ0v) is 19.9. The lowest BCUT2D eigenvalue weighted by molar-refractivity contribution is -0.117. The third-order valence-electron chi connectivity index (χ3n) is 4.77. The molecule has 0 aliphatic carbocycles. The standard InChI is InChI=1S/C22H28N4O3.HI/c1-4-29-19-12-11-17(14-20(19)28-3)25-22(23-2)24-15-21(27)26-13-7-9-16-8-5-6-10-18(16)26;/h5-6,8,10-12,14H,4,7,9,13,15H2,1-3H3,(H2,23,24,25);1H. The highest BCUT2D eigenvalue weighted by Crippen LogP contribution is 2.30. The average Bonchev–Trinajstić information content (AvgIpc) is 2.77. The van der Waals surface area contributed by atoms with Gasteiger partial charge in [-0.1, -0.05) is 18.2 Å². The minimum absolute atomic E-state index is 0. The highest BCUT2D eigenvalue weighted by atomic mass is 127. The number of amides is 1. The van der Waals surface area contributed by atoms with Crippen LogP contribution in [-0.4, -0.2) is 45.7 Å². The molecule has 0 fully saturated rings. The molecular formula is C22H29IN4O3. The van der Waals surface area contributed by atoms with Crippen LogP contribution in [0.25, 0.3) is 0 Å². The summed E-state index contributed by atoms with van der Waals surface area (Å²) >= 11 is 0. The number of nitrogens with one attached hydrogen (secondary N) is 2. The van der Waals surface area contributed by atoms with Crippen molar-refractivity contribution in [3.8, 4) is 11.5 Å². The number of benzene rings is 2. The van der Waals surface area contributed by atoms with Gasteiger partial charge in [-0.25, -0.2) is 0 Å². The zero-order chi connectivity index (χ0) is 20.6. The molecule has 2 aromatic carbocycles. The van der Waals surface area contributed by atoms with Crippen LogP contribution in [0.15, 0.2) is 47.5 Å². The van der Waals surface area contributed by atoms with Crippen LogP contribution in [0, 0.1) is 0 Å². The highest BCUT2D eigenvalue weighted by Gasteiger charge is 2.22. The topological polar surface area (TPSA) is 75.2 Å². The second-order valence-electron chi connectivity index (χ2n) is 6.63. The maximum absolute atomic E-state index is 12.8. The van der Waals surface area contributed by atoms with E-state index in [0.29, 0.717) is 24.1 Å². The summed E-state index contributed by atoms with van der Waals surface area (Å²) in [7, 11) is 3.27. The van der Waals surface area contributed by atoms with Crippen LogP contribution in [0.3, 0.4) is 0 Å². The molecule has 2 N–H and O–H groups in total. The lowest BCUT2D eigenvalue weighted by Crippen LogP contribution is -2.44. The average molecular weight is 524 g/mol. The van der Waals surface area contributed by atoms with Gasteiger partial charge in [0.05, 0.1) is 20.3 Å². The van der Waals surface area contributed by atoms with E-state index in [2.05, 4.69) is 21.7 Å². The van der Waals surface area contributed by atoms with Gasteiger partial charge in [-0.05, 0) is 43.5 Å². The normalized spacial score (nSPS) is 13.0. The number of methoxy groups -OCH3 is 1. The summed E-state index contributed by atoms with van der Waals surface area (Å²) in [5.41, 5.74) is 3.01. The van der Waals surface area contributed by atoms with Crippen LogP contribution >= 0.6 is 24.0 Å². The molecule has 8 heteroatoms. The molecule has 0 unspecified atom stereocenters. The van der Waals surface area contributed by atoms with Gasteiger partial charge in [0.15, 0.2) is 17.5 Å². The summed E-state index contributed by atoms with van der Waals surface area (Å²) in [6.07, 6.45) is 1.98. The van der Waals surface area contributed by atoms with Crippen molar-refractivity contribution in [2.45, 2.75) is 19.8 Å². The Bertz CT molecular complexity index is 888. The number of aliphatic imine (C=N–C) groups is 1. The molecule has 30 heavy (non-hydrogen) atoms. The van der Waals surface area contributed by atoms with Crippen molar-refractivity contribution >= 4 is 47.2 Å². The Morgan fingerprint density at radius 3 is 2.73 bits per heavy atom. The van der Waals surface area contributed by atoms with Gasteiger partial charge >= 0.3 is 0 Å². The first-order chi connectivity index (χ1) is 14.2. The summed E-state index contributed by atoms with van der Waals surface area (Å²) in [4.78, 5) is 18.9. The highest BCUT2D eigenvalue weighted by molar-refractivity contribution is 14.0. The second kappa shape index (κ2) is 11.6. The van der Waals surface area contributed by atoms with Gasteiger partial charge in [0.1, 0.15) is 0 Å². The number of hydrogen-bond donors (Lipinski definition) is 2. The first-order valence-corrected chi connectivity index (χ1v) is 9.83. The summed E-state index contributed by atoms with van der Waals surface area (Å²) in [6.45, 7) is 3.38. The molecule has 1 amide bonds. The van der Waals surface area contributed by atoms with Crippen LogP contribution < -0.4 is 25.0 Å². The van der Waals surface area contributed by atoms with E-state index >= 15 is 0 Å². The van der Waals surface area contributed by atoms with Crippen LogP contribution in [0.1, 0.15) is 18.9 Å². The maximum atomic E-state index is 12.8. The molecule has 0 radical (unpaired) electrons. The fourth-order valence-electron chi connectivity index (χ4n) is 3.38. The van der Waals surface area contributed by atoms with Crippen LogP contribution in [0.2, 0.25) is 0 Å². The molecule has 3 rings (SSSR count). The molecule has 0 saturated heterocycles. The number of aryl methyl sites for hydroxylation is 1. The molecule has 0 saturated carbocycles. The number of hydrogen-bond acceptors (Lipinski definition) is 4. The third kappa shape index (κ3) is 5.78. The number of carbonyl (C=O) groups excluding carboxylic acids is 1. The number of guanidine groups is 1. The minimum Gasteiger partial charge on any atom is -0.493 e. The molecular weight excluding hydrogens is 495 g/mol. The van der Waals surface area contributed by atoms with Gasteiger partial charge in [-0.3, -0.25) is 9.79 Å². The minimum atomic E-state index is 0. The quantitative estimate of drug-likeness (QED) is 0.343. The van der Waals surface area contributed by atoms with Gasteiger partial charge in [0.2, 0.25) is 5.91 Å². The van der Waals surface area contributed by atoms with E-state index in [9.17, 15) is 4.79 Å². The van der Waals surface area contributed by atoms with E-state index in [1.165, 1.54) is 5.56 Å². The van der Waals surface area contributed by atoms with E-state index in [4.69, 9.17) is 9.47 Å². The fourth-order valence-corrected chi connectivity index (χ4v) is 3.38. The molecule has 1 aliphatic heterocycles. The Balaban J connectivity index is 0.00000320. The summed E-state index contributed by atoms with van der Waals surface area (Å²) < 4.78 is 10.9. The van der Waals surface area contributed by atoms with Crippen LogP contribution in [0.4, 0.5) is 11.4 Å². The van der Waals surface area contributed by atoms with E-state index in [0.717, 1.165) is 30.8 Å². The van der Waals surface area contributed by atoms with Gasteiger partial charge < -0.3 is 25.0 Å². The van der Waals surface area contributed by atoms with Crippen LogP contribution in [-0.2, 0) is 11.2 Å². The van der Waals surface area contributed by atoms with Gasteiger partial charge in [0.25, 0.3) is 0 Å². The van der Waals surface area contributed by atoms with E-state index < -0.39 is 0 Å². The molecule has 0 aromatic heterocycles. The lowest BCUT2D eigenvalue weighted by Gasteiger charge is -2.29. The Labute approximate surface area is 194 Å². The van der Waals surface area contributed by atoms with Gasteiger partial charge in [0, 0.05) is 31.0 Å². The van der Waals surface area contributed by atoms with Crippen LogP contribution in [0.5, 0.6) is 11.5 Å². The van der Waals surface area contributed by atoms with Crippen molar-refractivity contribution < 1.29 is 14.3 Å². The summed E-state index contributed by atoms with van der Waals surface area (Å²) in [5, 5.41) is 6.28. The van der Waals surface area contributed by atoms with E-state index in [-0.39, 0.29) is 36.4 Å². The lowest BCUT2D eigenvalue weighted by atomic mass is 10.0. The number of para-hydroxylation sites is 1. The second-order valence-corrected chi connectivity index (χ2v) is 6.63. The van der Waals surface area contributed by atoms with Crippen molar-refractivity contribution in [3.63, 3.8) is 0 Å². The largest absolute Gasteiger partial charge is 0.493 e. The predicted molar refractivity (Wildman–Crippen MR) is 132 cm³/mol. The zero-order valence-electron chi connectivity index (χ0n) is 17.6. The molecule has 0 spiro atoms. The van der Waals surface area contributed by atoms with Crippen molar-refractivity contribution in [2.24, 2.45) is 4.99 Å². The molecule has 1 aliphatic rings. The maximum Gasteiger partial charge on any atom is 0.246 e. The smallest absolute Gasteiger partial charge is 0.246 e. The molecule has 162 valence electrons. The van der Waals surface area contributed by atoms with Crippen molar-refractivity contribution in [1.29, 1.82) is 0 Å². The monoisotopic (exact) mass is 524 g/mol. The number of carbonyl (C=O) groups is 1. The van der Waals surface area contributed by atoms with Crippen molar-refractivity contribution in [2.75, 3.05) is 44.1 Å². The third-order valence-corrected chi connectivity index (χ3v) is 4.77. The fraction of sp³-hybridized carbons (Fsp3) is 0.364. The summed E-state index contributed by atoms with van der Waals surface area (Å²) in [5.74, 6) is 1.84. The first-order valence-electron chi connectivity index (χ1n) is 9.83. The number of nitrogens with zero attached hydrogens (tertiary/aromatic N) is 2. The molecule has 7 nitrogen and oxygen atoms in total. The molecule has 2 aromatic rings. The number of ether oxygens (including phenoxy) is 2. The number of halogens is 1. The van der Waals surface area contributed by atoms with Crippen molar-refractivity contribution in [1.82, 2.24) is 5.32 Å². The Morgan fingerprint density at radius 1 is 1.20 bits per heavy atom. The molecule has 0 atom stereocenters. The summed E-state index contributed by atoms with van der Waals surface area (Å²) in [6, 6.07) is 13.6. The molecule has 0 bridgehead atoms. The Hall–Kier alpha value is -2.49. The molecule has 1 heterocycles. The van der Waals surface area contributed by atoms with Gasteiger partial charge in [-0.15, -0.1) is 24.0 Å².